The minimum atomic E-state index is 0. The lowest BCUT2D eigenvalue weighted by atomic mass is 10.3. The Morgan fingerprint density at radius 3 is 2.90 bits per heavy atom. The van der Waals surface area contributed by atoms with E-state index < -0.39 is 0 Å². The molecule has 0 bridgehead atoms. The van der Waals surface area contributed by atoms with Gasteiger partial charge < -0.3 is 25.3 Å². The average molecular weight is 393 g/mol. The smallest absolute Gasteiger partial charge is 0.231 e. The number of halogens is 1. The van der Waals surface area contributed by atoms with E-state index in [2.05, 4.69) is 10.3 Å². The van der Waals surface area contributed by atoms with Gasteiger partial charge in [-0.15, -0.1) is 24.0 Å². The van der Waals surface area contributed by atoms with Crippen LogP contribution in [0.1, 0.15) is 13.8 Å². The molecule has 20 heavy (non-hydrogen) atoms. The van der Waals surface area contributed by atoms with Crippen LogP contribution in [0, 0.1) is 0 Å². The average Bonchev–Trinajstić information content (AvgIpc) is 2.81. The highest BCUT2D eigenvalue weighted by Gasteiger charge is 2.13. The summed E-state index contributed by atoms with van der Waals surface area (Å²) in [7, 11) is 0. The number of hydrogen-bond donors (Lipinski definition) is 2. The maximum atomic E-state index is 5.67. The second kappa shape index (κ2) is 8.03. The fraction of sp³-hybridized carbons (Fsp3) is 0.462. The Kier molecular flexibility index (Phi) is 6.69. The van der Waals surface area contributed by atoms with Gasteiger partial charge in [-0.05, 0) is 26.0 Å². The van der Waals surface area contributed by atoms with Crippen LogP contribution in [0.5, 0.6) is 17.2 Å². The number of rotatable bonds is 5. The van der Waals surface area contributed by atoms with Gasteiger partial charge in [0.25, 0.3) is 0 Å². The van der Waals surface area contributed by atoms with Gasteiger partial charge in [0.15, 0.2) is 17.5 Å². The molecule has 1 aliphatic heterocycles. The van der Waals surface area contributed by atoms with Gasteiger partial charge in [0.05, 0.1) is 6.54 Å². The van der Waals surface area contributed by atoms with E-state index in [1.165, 1.54) is 0 Å². The van der Waals surface area contributed by atoms with Gasteiger partial charge in [-0.1, -0.05) is 0 Å². The highest BCUT2D eigenvalue weighted by molar-refractivity contribution is 14.0. The van der Waals surface area contributed by atoms with E-state index in [-0.39, 0.29) is 36.8 Å². The number of hydrogen-bond acceptors (Lipinski definition) is 4. The molecular formula is C13H20IN3O3. The quantitative estimate of drug-likeness (QED) is 0.345. The molecular weight excluding hydrogens is 373 g/mol. The van der Waals surface area contributed by atoms with Crippen LogP contribution < -0.4 is 25.3 Å². The molecule has 1 heterocycles. The number of benzene rings is 1. The molecule has 112 valence electrons. The van der Waals surface area contributed by atoms with E-state index >= 15 is 0 Å². The van der Waals surface area contributed by atoms with Crippen LogP contribution >= 0.6 is 24.0 Å². The Morgan fingerprint density at radius 1 is 1.40 bits per heavy atom. The molecule has 0 radical (unpaired) electrons. The van der Waals surface area contributed by atoms with Gasteiger partial charge in [0.2, 0.25) is 6.79 Å². The number of fused-ring (bicyclic) bond motifs is 1. The zero-order valence-corrected chi connectivity index (χ0v) is 13.9. The molecule has 0 unspecified atom stereocenters. The molecule has 0 saturated heterocycles. The summed E-state index contributed by atoms with van der Waals surface area (Å²) in [4.78, 5) is 4.15. The van der Waals surface area contributed by atoms with Crippen molar-refractivity contribution in [3.8, 4) is 17.2 Å². The molecule has 0 fully saturated rings. The summed E-state index contributed by atoms with van der Waals surface area (Å²) < 4.78 is 16.1. The largest absolute Gasteiger partial charge is 0.492 e. The summed E-state index contributed by atoms with van der Waals surface area (Å²) in [5.74, 6) is 2.62. The van der Waals surface area contributed by atoms with E-state index in [0.717, 1.165) is 11.5 Å². The number of aliphatic imine (C=N–C) groups is 1. The molecule has 0 aromatic heterocycles. The molecule has 2 rings (SSSR count). The zero-order valence-electron chi connectivity index (χ0n) is 11.6. The Labute approximate surface area is 135 Å². The molecule has 1 aromatic rings. The Hall–Kier alpha value is -1.38. The first kappa shape index (κ1) is 16.7. The highest BCUT2D eigenvalue weighted by Crippen LogP contribution is 2.34. The molecule has 1 aromatic carbocycles. The van der Waals surface area contributed by atoms with Gasteiger partial charge in [0, 0.05) is 12.1 Å². The van der Waals surface area contributed by atoms with Gasteiger partial charge in [0.1, 0.15) is 12.4 Å². The van der Waals surface area contributed by atoms with Crippen molar-refractivity contribution in [2.24, 2.45) is 10.7 Å². The van der Waals surface area contributed by atoms with Crippen LogP contribution in [-0.2, 0) is 0 Å². The first-order chi connectivity index (χ1) is 9.15. The van der Waals surface area contributed by atoms with E-state index in [1.54, 1.807) is 0 Å². The summed E-state index contributed by atoms with van der Waals surface area (Å²) >= 11 is 0. The summed E-state index contributed by atoms with van der Waals surface area (Å²) in [5, 5.41) is 3.01. The molecule has 3 N–H and O–H groups in total. The third-order valence-corrected chi connectivity index (χ3v) is 2.42. The molecule has 1 aliphatic rings. The number of nitrogens with two attached hydrogens (primary N) is 1. The third-order valence-electron chi connectivity index (χ3n) is 2.42. The Bertz CT molecular complexity index is 466. The van der Waals surface area contributed by atoms with Crippen molar-refractivity contribution in [3.63, 3.8) is 0 Å². The summed E-state index contributed by atoms with van der Waals surface area (Å²) in [6, 6.07) is 5.75. The topological polar surface area (TPSA) is 78.1 Å². The molecule has 0 saturated carbocycles. The predicted molar refractivity (Wildman–Crippen MR) is 88.2 cm³/mol. The van der Waals surface area contributed by atoms with Crippen LogP contribution in [0.15, 0.2) is 23.2 Å². The van der Waals surface area contributed by atoms with Crippen molar-refractivity contribution in [1.29, 1.82) is 0 Å². The molecule has 0 atom stereocenters. The van der Waals surface area contributed by atoms with E-state index in [4.69, 9.17) is 19.9 Å². The monoisotopic (exact) mass is 393 g/mol. The normalized spacial score (nSPS) is 13.1. The first-order valence-corrected chi connectivity index (χ1v) is 6.24. The van der Waals surface area contributed by atoms with E-state index in [9.17, 15) is 0 Å². The van der Waals surface area contributed by atoms with Crippen molar-refractivity contribution in [3.05, 3.63) is 18.2 Å². The molecule has 0 spiro atoms. The second-order valence-electron chi connectivity index (χ2n) is 4.43. The minimum absolute atomic E-state index is 0. The van der Waals surface area contributed by atoms with Crippen molar-refractivity contribution >= 4 is 29.9 Å². The molecule has 0 aliphatic carbocycles. The lowest BCUT2D eigenvalue weighted by molar-refractivity contribution is 0.174. The number of ether oxygens (including phenoxy) is 3. The zero-order chi connectivity index (χ0) is 13.7. The number of guanidine groups is 1. The highest BCUT2D eigenvalue weighted by atomic mass is 127. The van der Waals surface area contributed by atoms with Gasteiger partial charge in [-0.25, -0.2) is 4.99 Å². The second-order valence-corrected chi connectivity index (χ2v) is 4.43. The van der Waals surface area contributed by atoms with Crippen LogP contribution in [0.4, 0.5) is 0 Å². The first-order valence-electron chi connectivity index (χ1n) is 6.24. The van der Waals surface area contributed by atoms with E-state index in [1.807, 2.05) is 32.0 Å². The van der Waals surface area contributed by atoms with Crippen molar-refractivity contribution < 1.29 is 14.2 Å². The predicted octanol–water partition coefficient (Wildman–Crippen LogP) is 1.72. The number of nitrogens with zero attached hydrogens (tertiary/aromatic N) is 1. The fourth-order valence-electron chi connectivity index (χ4n) is 1.64. The van der Waals surface area contributed by atoms with Crippen molar-refractivity contribution in [2.45, 2.75) is 19.9 Å². The molecule has 6 nitrogen and oxygen atoms in total. The van der Waals surface area contributed by atoms with Crippen LogP contribution in [0.3, 0.4) is 0 Å². The third kappa shape index (κ3) is 4.95. The number of nitrogens with one attached hydrogen (secondary N) is 1. The van der Waals surface area contributed by atoms with Crippen LogP contribution in [-0.4, -0.2) is 31.9 Å². The maximum absolute atomic E-state index is 5.67. The minimum Gasteiger partial charge on any atom is -0.492 e. The summed E-state index contributed by atoms with van der Waals surface area (Å²) in [6.07, 6.45) is 0. The lowest BCUT2D eigenvalue weighted by Crippen LogP contribution is -2.37. The maximum Gasteiger partial charge on any atom is 0.231 e. The molecule has 7 heteroatoms. The molecule has 0 amide bonds. The fourth-order valence-corrected chi connectivity index (χ4v) is 1.64. The van der Waals surface area contributed by atoms with Crippen LogP contribution in [0.25, 0.3) is 0 Å². The van der Waals surface area contributed by atoms with Crippen molar-refractivity contribution in [1.82, 2.24) is 5.32 Å². The van der Waals surface area contributed by atoms with E-state index in [0.29, 0.717) is 24.9 Å². The van der Waals surface area contributed by atoms with Crippen molar-refractivity contribution in [2.75, 3.05) is 19.9 Å². The lowest BCUT2D eigenvalue weighted by Gasteiger charge is -2.09. The summed E-state index contributed by atoms with van der Waals surface area (Å²) in [5.41, 5.74) is 5.67. The SMILES string of the molecule is CC(C)NC(N)=NCCOc1ccc2c(c1)OCO2.I. The standard InChI is InChI=1S/C13H19N3O3.HI/c1-9(2)16-13(14)15-5-6-17-10-3-4-11-12(7-10)19-8-18-11;/h3-4,7,9H,5-6,8H2,1-2H3,(H3,14,15,16);1H. The summed E-state index contributed by atoms with van der Waals surface area (Å²) in [6.45, 7) is 5.23. The van der Waals surface area contributed by atoms with Gasteiger partial charge in [-0.3, -0.25) is 0 Å². The van der Waals surface area contributed by atoms with Gasteiger partial charge in [-0.2, -0.15) is 0 Å². The Morgan fingerprint density at radius 2 is 2.15 bits per heavy atom. The van der Waals surface area contributed by atoms with Crippen LogP contribution in [0.2, 0.25) is 0 Å². The Balaban J connectivity index is 0.00000200. The van der Waals surface area contributed by atoms with Gasteiger partial charge >= 0.3 is 0 Å².